The zero-order valence-corrected chi connectivity index (χ0v) is 11.5. The molecule has 1 fully saturated rings. The van der Waals surface area contributed by atoms with Crippen LogP contribution >= 0.6 is 0 Å². The van der Waals surface area contributed by atoms with Crippen LogP contribution in [0.3, 0.4) is 0 Å². The molecule has 1 aliphatic heterocycles. The molecule has 4 nitrogen and oxygen atoms in total. The Hall–Kier alpha value is -0.610. The Morgan fingerprint density at radius 3 is 2.47 bits per heavy atom. The third-order valence-electron chi connectivity index (χ3n) is 3.62. The van der Waals surface area contributed by atoms with Gasteiger partial charge in [-0.3, -0.25) is 9.69 Å². The Morgan fingerprint density at radius 2 is 1.94 bits per heavy atom. The first-order chi connectivity index (χ1) is 8.13. The van der Waals surface area contributed by atoms with Gasteiger partial charge in [-0.1, -0.05) is 6.92 Å². The highest BCUT2D eigenvalue weighted by atomic mass is 16.2. The van der Waals surface area contributed by atoms with Gasteiger partial charge in [-0.25, -0.2) is 0 Å². The summed E-state index contributed by atoms with van der Waals surface area (Å²) in [5, 5.41) is 3.39. The molecule has 0 bridgehead atoms. The summed E-state index contributed by atoms with van der Waals surface area (Å²) < 4.78 is 0. The molecular weight excluding hydrogens is 214 g/mol. The van der Waals surface area contributed by atoms with Crippen LogP contribution in [0.15, 0.2) is 0 Å². The Kier molecular flexibility index (Phi) is 6.52. The average molecular weight is 241 g/mol. The third-order valence-corrected chi connectivity index (χ3v) is 3.62. The van der Waals surface area contributed by atoms with E-state index < -0.39 is 0 Å². The van der Waals surface area contributed by atoms with Crippen molar-refractivity contribution in [2.24, 2.45) is 5.92 Å². The highest BCUT2D eigenvalue weighted by Crippen LogP contribution is 2.16. The molecule has 0 spiro atoms. The third kappa shape index (κ3) is 5.50. The van der Waals surface area contributed by atoms with Crippen molar-refractivity contribution in [3.8, 4) is 0 Å². The van der Waals surface area contributed by atoms with Crippen LogP contribution in [-0.4, -0.2) is 62.5 Å². The molecule has 17 heavy (non-hydrogen) atoms. The van der Waals surface area contributed by atoms with Crippen LogP contribution in [0, 0.1) is 5.92 Å². The number of nitrogens with one attached hydrogen (secondary N) is 1. The van der Waals surface area contributed by atoms with E-state index in [4.69, 9.17) is 0 Å². The molecule has 0 aromatic carbocycles. The number of amides is 1. The summed E-state index contributed by atoms with van der Waals surface area (Å²) in [5.74, 6) is 1.05. The lowest BCUT2D eigenvalue weighted by molar-refractivity contribution is -0.129. The predicted octanol–water partition coefficient (Wildman–Crippen LogP) is 0.786. The van der Waals surface area contributed by atoms with Crippen LogP contribution in [-0.2, 0) is 4.79 Å². The van der Waals surface area contributed by atoms with Gasteiger partial charge in [0.25, 0.3) is 0 Å². The summed E-state index contributed by atoms with van der Waals surface area (Å²) in [5.41, 5.74) is 0. The van der Waals surface area contributed by atoms with Crippen LogP contribution in [0.1, 0.15) is 26.2 Å². The van der Waals surface area contributed by atoms with Crippen molar-refractivity contribution in [3.63, 3.8) is 0 Å². The summed E-state index contributed by atoms with van der Waals surface area (Å²) in [6.07, 6.45) is 3.81. The van der Waals surface area contributed by atoms with Gasteiger partial charge in [-0.2, -0.15) is 0 Å². The summed E-state index contributed by atoms with van der Waals surface area (Å²) >= 11 is 0. The number of carbonyl (C=O) groups is 1. The molecule has 1 saturated heterocycles. The molecule has 1 aliphatic rings. The number of hydrogen-bond acceptors (Lipinski definition) is 3. The van der Waals surface area contributed by atoms with E-state index >= 15 is 0 Å². The largest absolute Gasteiger partial charge is 0.348 e. The summed E-state index contributed by atoms with van der Waals surface area (Å²) in [6.45, 7) is 7.03. The number of carbonyl (C=O) groups excluding carboxylic acids is 1. The second-order valence-corrected chi connectivity index (χ2v) is 5.14. The molecule has 1 N–H and O–H groups in total. The molecule has 0 aromatic rings. The normalized spacial score (nSPS) is 17.4. The fraction of sp³-hybridized carbons (Fsp3) is 0.923. The lowest BCUT2D eigenvalue weighted by Crippen LogP contribution is -2.38. The molecule has 0 saturated carbocycles. The van der Waals surface area contributed by atoms with Gasteiger partial charge in [-0.05, 0) is 51.4 Å². The van der Waals surface area contributed by atoms with Gasteiger partial charge in [0, 0.05) is 14.1 Å². The van der Waals surface area contributed by atoms with Gasteiger partial charge in [-0.15, -0.1) is 0 Å². The molecule has 0 radical (unpaired) electrons. The van der Waals surface area contributed by atoms with E-state index in [0.717, 1.165) is 32.1 Å². The maximum atomic E-state index is 11.6. The number of rotatable bonds is 6. The monoisotopic (exact) mass is 241 g/mol. The molecule has 100 valence electrons. The lowest BCUT2D eigenvalue weighted by atomic mass is 9.94. The smallest absolute Gasteiger partial charge is 0.236 e. The number of nitrogens with zero attached hydrogens (tertiary/aromatic N) is 2. The summed E-state index contributed by atoms with van der Waals surface area (Å²) in [7, 11) is 3.64. The van der Waals surface area contributed by atoms with Crippen molar-refractivity contribution in [1.82, 2.24) is 15.1 Å². The van der Waals surface area contributed by atoms with Crippen molar-refractivity contribution in [3.05, 3.63) is 0 Å². The Morgan fingerprint density at radius 1 is 1.29 bits per heavy atom. The van der Waals surface area contributed by atoms with E-state index in [-0.39, 0.29) is 5.91 Å². The van der Waals surface area contributed by atoms with Crippen molar-refractivity contribution >= 4 is 5.91 Å². The minimum atomic E-state index is 0.206. The number of likely N-dealkylation sites (N-methyl/N-ethyl adjacent to an activating group) is 2. The maximum absolute atomic E-state index is 11.6. The fourth-order valence-electron chi connectivity index (χ4n) is 2.22. The predicted molar refractivity (Wildman–Crippen MR) is 71.0 cm³/mol. The first kappa shape index (κ1) is 14.5. The van der Waals surface area contributed by atoms with Crippen LogP contribution in [0.5, 0.6) is 0 Å². The maximum Gasteiger partial charge on any atom is 0.236 e. The molecule has 0 unspecified atom stereocenters. The van der Waals surface area contributed by atoms with Crippen molar-refractivity contribution in [1.29, 1.82) is 0 Å². The van der Waals surface area contributed by atoms with Crippen LogP contribution in [0.25, 0.3) is 0 Å². The molecular formula is C13H27N3O. The summed E-state index contributed by atoms with van der Waals surface area (Å²) in [4.78, 5) is 15.6. The van der Waals surface area contributed by atoms with E-state index in [0.29, 0.717) is 6.54 Å². The van der Waals surface area contributed by atoms with E-state index in [9.17, 15) is 4.79 Å². The fourth-order valence-corrected chi connectivity index (χ4v) is 2.22. The Labute approximate surface area is 105 Å². The lowest BCUT2D eigenvalue weighted by Gasteiger charge is -2.27. The highest BCUT2D eigenvalue weighted by molar-refractivity contribution is 5.77. The zero-order chi connectivity index (χ0) is 12.7. The zero-order valence-electron chi connectivity index (χ0n) is 11.5. The second-order valence-electron chi connectivity index (χ2n) is 5.14. The van der Waals surface area contributed by atoms with E-state index in [2.05, 4.69) is 17.1 Å². The van der Waals surface area contributed by atoms with Crippen LogP contribution in [0.2, 0.25) is 0 Å². The van der Waals surface area contributed by atoms with Gasteiger partial charge in [0.15, 0.2) is 0 Å². The van der Waals surface area contributed by atoms with Gasteiger partial charge in [0.2, 0.25) is 5.91 Å². The first-order valence-electron chi connectivity index (χ1n) is 6.76. The van der Waals surface area contributed by atoms with Gasteiger partial charge >= 0.3 is 0 Å². The quantitative estimate of drug-likeness (QED) is 0.747. The minimum Gasteiger partial charge on any atom is -0.348 e. The van der Waals surface area contributed by atoms with Crippen molar-refractivity contribution < 1.29 is 4.79 Å². The van der Waals surface area contributed by atoms with Crippen molar-refractivity contribution in [2.45, 2.75) is 26.2 Å². The Bertz CT molecular complexity index is 225. The van der Waals surface area contributed by atoms with Crippen molar-refractivity contribution in [2.75, 3.05) is 46.8 Å². The molecule has 1 heterocycles. The van der Waals surface area contributed by atoms with Gasteiger partial charge in [0.1, 0.15) is 0 Å². The summed E-state index contributed by atoms with van der Waals surface area (Å²) in [6, 6.07) is 0. The SMILES string of the molecule is CCN(CCC1CCNCC1)CC(=O)N(C)C. The van der Waals surface area contributed by atoms with E-state index in [1.807, 2.05) is 14.1 Å². The standard InChI is InChI=1S/C13H27N3O/c1-4-16(11-13(17)15(2)3)10-7-12-5-8-14-9-6-12/h12,14H,4-11H2,1-3H3. The van der Waals surface area contributed by atoms with E-state index in [1.165, 1.54) is 19.3 Å². The number of piperidine rings is 1. The van der Waals surface area contributed by atoms with E-state index in [1.54, 1.807) is 4.90 Å². The molecule has 1 amide bonds. The minimum absolute atomic E-state index is 0.206. The Balaban J connectivity index is 2.23. The molecule has 0 aromatic heterocycles. The molecule has 0 aliphatic carbocycles. The molecule has 4 heteroatoms. The van der Waals surface area contributed by atoms with Gasteiger partial charge < -0.3 is 10.2 Å². The topological polar surface area (TPSA) is 35.6 Å². The number of hydrogen-bond donors (Lipinski definition) is 1. The first-order valence-corrected chi connectivity index (χ1v) is 6.76. The second kappa shape index (κ2) is 7.67. The molecule has 1 rings (SSSR count). The van der Waals surface area contributed by atoms with Gasteiger partial charge in [0.05, 0.1) is 6.54 Å². The highest BCUT2D eigenvalue weighted by Gasteiger charge is 2.16. The van der Waals surface area contributed by atoms with Crippen LogP contribution in [0.4, 0.5) is 0 Å². The molecule has 0 atom stereocenters. The average Bonchev–Trinajstić information content (AvgIpc) is 2.35. The van der Waals surface area contributed by atoms with Crippen LogP contribution < -0.4 is 5.32 Å².